The van der Waals surface area contributed by atoms with Gasteiger partial charge in [0.15, 0.2) is 0 Å². The molecule has 0 atom stereocenters. The number of unbranched alkanes of at least 4 members (excludes halogenated alkanes) is 1. The Morgan fingerprint density at radius 2 is 2.00 bits per heavy atom. The first kappa shape index (κ1) is 16.3. The molecule has 1 heterocycles. The smallest absolute Gasteiger partial charge is 0.226 e. The highest BCUT2D eigenvalue weighted by molar-refractivity contribution is 5.83. The maximum Gasteiger partial charge on any atom is 0.226 e. The number of hydrogen-bond donors (Lipinski definition) is 1. The molecule has 1 saturated heterocycles. The van der Waals surface area contributed by atoms with Gasteiger partial charge in [0.25, 0.3) is 0 Å². The van der Waals surface area contributed by atoms with Gasteiger partial charge in [0.05, 0.1) is 0 Å². The van der Waals surface area contributed by atoms with Crippen molar-refractivity contribution in [3.63, 3.8) is 0 Å². The van der Waals surface area contributed by atoms with Crippen LogP contribution in [0.25, 0.3) is 0 Å². The topological polar surface area (TPSA) is 49.4 Å². The third-order valence-electron chi connectivity index (χ3n) is 5.14. The maximum atomic E-state index is 12.6. The molecule has 2 fully saturated rings. The normalized spacial score (nSPS) is 21.6. The van der Waals surface area contributed by atoms with Crippen LogP contribution in [0.3, 0.4) is 0 Å². The Labute approximate surface area is 128 Å². The van der Waals surface area contributed by atoms with Crippen LogP contribution in [0.15, 0.2) is 0 Å². The second-order valence-electron chi connectivity index (χ2n) is 6.68. The fourth-order valence-electron chi connectivity index (χ4n) is 3.75. The Balaban J connectivity index is 1.78. The molecule has 1 N–H and O–H groups in total. The van der Waals surface area contributed by atoms with E-state index in [1.165, 1.54) is 12.8 Å². The Morgan fingerprint density at radius 3 is 2.67 bits per heavy atom. The van der Waals surface area contributed by atoms with Crippen LogP contribution >= 0.6 is 0 Å². The lowest BCUT2D eigenvalue weighted by molar-refractivity contribution is -0.135. The lowest BCUT2D eigenvalue weighted by atomic mass is 9.80. The summed E-state index contributed by atoms with van der Waals surface area (Å²) in [7, 11) is 0. The van der Waals surface area contributed by atoms with E-state index in [9.17, 15) is 9.59 Å². The second-order valence-corrected chi connectivity index (χ2v) is 6.68. The monoisotopic (exact) mass is 294 g/mol. The molecule has 1 aliphatic heterocycles. The lowest BCUT2D eigenvalue weighted by Crippen LogP contribution is -2.45. The minimum atomic E-state index is -0.109. The van der Waals surface area contributed by atoms with Gasteiger partial charge in [0.2, 0.25) is 11.8 Å². The van der Waals surface area contributed by atoms with Crippen molar-refractivity contribution >= 4 is 11.8 Å². The summed E-state index contributed by atoms with van der Waals surface area (Å²) in [5.74, 6) is 0.481. The first-order valence-electron chi connectivity index (χ1n) is 8.74. The molecule has 0 aromatic carbocycles. The van der Waals surface area contributed by atoms with Crippen LogP contribution < -0.4 is 5.32 Å². The van der Waals surface area contributed by atoms with E-state index in [0.717, 1.165) is 51.5 Å². The van der Waals surface area contributed by atoms with Crippen LogP contribution in [-0.4, -0.2) is 36.3 Å². The quantitative estimate of drug-likeness (QED) is 0.785. The van der Waals surface area contributed by atoms with Gasteiger partial charge in [-0.3, -0.25) is 9.59 Å². The minimum Gasteiger partial charge on any atom is -0.354 e. The average molecular weight is 294 g/mol. The second kappa shape index (κ2) is 7.81. The van der Waals surface area contributed by atoms with Crippen molar-refractivity contribution in [1.29, 1.82) is 0 Å². The van der Waals surface area contributed by atoms with Crippen LogP contribution in [0.1, 0.15) is 71.1 Å². The summed E-state index contributed by atoms with van der Waals surface area (Å²) < 4.78 is 0. The molecule has 0 spiro atoms. The zero-order valence-corrected chi connectivity index (χ0v) is 13.5. The fraction of sp³-hybridized carbons (Fsp3) is 0.882. The van der Waals surface area contributed by atoms with Crippen molar-refractivity contribution in [2.45, 2.75) is 71.1 Å². The molecule has 2 amide bonds. The molecule has 21 heavy (non-hydrogen) atoms. The molecule has 2 rings (SSSR count). The Kier molecular flexibility index (Phi) is 6.07. The largest absolute Gasteiger partial charge is 0.354 e. The standard InChI is InChI=1S/C17H30N2O2/c1-2-3-9-17(10-5-6-11-17)16(21)18-12-14-19-13-7-4-8-15(19)20/h2-14H2,1H3,(H,18,21). The molecular weight excluding hydrogens is 264 g/mol. The van der Waals surface area contributed by atoms with Crippen LogP contribution in [-0.2, 0) is 9.59 Å². The average Bonchev–Trinajstić information content (AvgIpc) is 2.97. The van der Waals surface area contributed by atoms with E-state index in [4.69, 9.17) is 0 Å². The summed E-state index contributed by atoms with van der Waals surface area (Å²) in [5.41, 5.74) is -0.109. The summed E-state index contributed by atoms with van der Waals surface area (Å²) >= 11 is 0. The summed E-state index contributed by atoms with van der Waals surface area (Å²) in [4.78, 5) is 26.2. The lowest BCUT2D eigenvalue weighted by Gasteiger charge is -2.30. The minimum absolute atomic E-state index is 0.109. The number of carbonyl (C=O) groups excluding carboxylic acids is 2. The van der Waals surface area contributed by atoms with Gasteiger partial charge in [0.1, 0.15) is 0 Å². The predicted octanol–water partition coefficient (Wildman–Crippen LogP) is 2.87. The molecule has 0 unspecified atom stereocenters. The van der Waals surface area contributed by atoms with Crippen molar-refractivity contribution in [2.75, 3.05) is 19.6 Å². The molecule has 0 radical (unpaired) electrons. The number of amides is 2. The van der Waals surface area contributed by atoms with E-state index in [1.807, 2.05) is 4.90 Å². The zero-order chi connectivity index (χ0) is 15.1. The fourth-order valence-corrected chi connectivity index (χ4v) is 3.75. The van der Waals surface area contributed by atoms with Crippen molar-refractivity contribution < 1.29 is 9.59 Å². The van der Waals surface area contributed by atoms with Crippen molar-refractivity contribution in [2.24, 2.45) is 5.41 Å². The highest BCUT2D eigenvalue weighted by Gasteiger charge is 2.40. The van der Waals surface area contributed by atoms with E-state index >= 15 is 0 Å². The number of likely N-dealkylation sites (tertiary alicyclic amines) is 1. The first-order valence-corrected chi connectivity index (χ1v) is 8.74. The van der Waals surface area contributed by atoms with Crippen molar-refractivity contribution in [3.05, 3.63) is 0 Å². The van der Waals surface area contributed by atoms with Gasteiger partial charge in [0, 0.05) is 31.5 Å². The van der Waals surface area contributed by atoms with E-state index in [2.05, 4.69) is 12.2 Å². The van der Waals surface area contributed by atoms with Gasteiger partial charge in [-0.2, -0.15) is 0 Å². The predicted molar refractivity (Wildman–Crippen MR) is 83.9 cm³/mol. The van der Waals surface area contributed by atoms with Gasteiger partial charge in [-0.25, -0.2) is 0 Å². The van der Waals surface area contributed by atoms with Crippen LogP contribution in [0, 0.1) is 5.41 Å². The Morgan fingerprint density at radius 1 is 1.24 bits per heavy atom. The van der Waals surface area contributed by atoms with Crippen molar-refractivity contribution in [1.82, 2.24) is 10.2 Å². The molecule has 4 heteroatoms. The van der Waals surface area contributed by atoms with Gasteiger partial charge in [-0.1, -0.05) is 32.6 Å². The van der Waals surface area contributed by atoms with Crippen molar-refractivity contribution in [3.8, 4) is 0 Å². The van der Waals surface area contributed by atoms with E-state index < -0.39 is 0 Å². The van der Waals surface area contributed by atoms with Crippen LogP contribution in [0.2, 0.25) is 0 Å². The third kappa shape index (κ3) is 4.21. The highest BCUT2D eigenvalue weighted by atomic mass is 16.2. The molecule has 4 nitrogen and oxygen atoms in total. The molecule has 0 bridgehead atoms. The molecule has 2 aliphatic rings. The number of nitrogens with one attached hydrogen (secondary N) is 1. The number of nitrogens with zero attached hydrogens (tertiary/aromatic N) is 1. The molecule has 1 aliphatic carbocycles. The molecule has 1 saturated carbocycles. The van der Waals surface area contributed by atoms with E-state index in [0.29, 0.717) is 19.5 Å². The number of piperidine rings is 1. The Hall–Kier alpha value is -1.06. The first-order chi connectivity index (χ1) is 10.2. The van der Waals surface area contributed by atoms with Gasteiger partial charge >= 0.3 is 0 Å². The van der Waals surface area contributed by atoms with Gasteiger partial charge in [-0.05, 0) is 32.1 Å². The van der Waals surface area contributed by atoms with Gasteiger partial charge < -0.3 is 10.2 Å². The summed E-state index contributed by atoms with van der Waals surface area (Å²) in [6.45, 7) is 4.32. The summed E-state index contributed by atoms with van der Waals surface area (Å²) in [6, 6.07) is 0. The number of rotatable bonds is 7. The number of carbonyl (C=O) groups is 2. The van der Waals surface area contributed by atoms with E-state index in [-0.39, 0.29) is 17.2 Å². The van der Waals surface area contributed by atoms with E-state index in [1.54, 1.807) is 0 Å². The van der Waals surface area contributed by atoms with Gasteiger partial charge in [-0.15, -0.1) is 0 Å². The summed E-state index contributed by atoms with van der Waals surface area (Å²) in [5, 5.41) is 3.11. The van der Waals surface area contributed by atoms with Crippen LogP contribution in [0.4, 0.5) is 0 Å². The Bertz CT molecular complexity index is 362. The summed E-state index contributed by atoms with van der Waals surface area (Å²) in [6.07, 6.45) is 10.6. The third-order valence-corrected chi connectivity index (χ3v) is 5.14. The molecule has 0 aromatic heterocycles. The van der Waals surface area contributed by atoms with Crippen LogP contribution in [0.5, 0.6) is 0 Å². The zero-order valence-electron chi connectivity index (χ0n) is 13.5. The number of hydrogen-bond acceptors (Lipinski definition) is 2. The molecule has 120 valence electrons. The SMILES string of the molecule is CCCCC1(C(=O)NCCN2CCCCC2=O)CCCC1. The molecule has 0 aromatic rings. The highest BCUT2D eigenvalue weighted by Crippen LogP contribution is 2.42. The molecular formula is C17H30N2O2. The maximum absolute atomic E-state index is 12.6.